The number of hydrogen-bond acceptors (Lipinski definition) is 4. The van der Waals surface area contributed by atoms with Gasteiger partial charge in [0.05, 0.1) is 16.8 Å². The number of phenols is 1. The number of ether oxygens (including phenoxy) is 2. The summed E-state index contributed by atoms with van der Waals surface area (Å²) in [5, 5.41) is 12.1. The van der Waals surface area contributed by atoms with Crippen molar-refractivity contribution >= 4 is 34.2 Å². The number of amides is 1. The Morgan fingerprint density at radius 1 is 1.17 bits per heavy atom. The maximum atomic E-state index is 12.5. The first-order chi connectivity index (χ1) is 11.5. The maximum absolute atomic E-state index is 12.5. The monoisotopic (exact) mass is 441 g/mol. The smallest absolute Gasteiger partial charge is 0.255 e. The molecule has 1 amide bonds. The van der Waals surface area contributed by atoms with E-state index < -0.39 is 0 Å². The molecule has 0 saturated heterocycles. The molecule has 2 N–H and O–H groups in total. The molecule has 0 saturated carbocycles. The van der Waals surface area contributed by atoms with Gasteiger partial charge in [0.25, 0.3) is 5.91 Å². The normalized spacial score (nSPS) is 10.3. The topological polar surface area (TPSA) is 67.8 Å². The lowest BCUT2D eigenvalue weighted by Gasteiger charge is -2.15. The van der Waals surface area contributed by atoms with Gasteiger partial charge in [0.2, 0.25) is 0 Å². The summed E-state index contributed by atoms with van der Waals surface area (Å²) in [6.07, 6.45) is 0.894. The first-order valence-corrected chi connectivity index (χ1v) is 8.82. The minimum atomic E-state index is -0.249. The SMILES string of the molecule is CCCOc1c(I)cc(C(=O)Nc2ccc(O)cc2)cc1OCC. The van der Waals surface area contributed by atoms with E-state index in [9.17, 15) is 9.90 Å². The van der Waals surface area contributed by atoms with Crippen LogP contribution in [-0.4, -0.2) is 24.2 Å². The van der Waals surface area contributed by atoms with Gasteiger partial charge in [-0.1, -0.05) is 6.92 Å². The van der Waals surface area contributed by atoms with Crippen LogP contribution in [0.4, 0.5) is 5.69 Å². The van der Waals surface area contributed by atoms with Crippen LogP contribution in [0.5, 0.6) is 17.2 Å². The van der Waals surface area contributed by atoms with E-state index in [1.54, 1.807) is 24.3 Å². The van der Waals surface area contributed by atoms with Crippen LogP contribution >= 0.6 is 22.6 Å². The summed E-state index contributed by atoms with van der Waals surface area (Å²) in [6, 6.07) is 9.77. The lowest BCUT2D eigenvalue weighted by molar-refractivity contribution is 0.102. The number of carbonyl (C=O) groups is 1. The quantitative estimate of drug-likeness (QED) is 0.493. The Balaban J connectivity index is 2.25. The fraction of sp³-hybridized carbons (Fsp3) is 0.278. The summed E-state index contributed by atoms with van der Waals surface area (Å²) in [5.41, 5.74) is 1.09. The van der Waals surface area contributed by atoms with Crippen molar-refractivity contribution in [1.82, 2.24) is 0 Å². The molecule has 0 spiro atoms. The summed E-state index contributed by atoms with van der Waals surface area (Å²) >= 11 is 2.14. The highest BCUT2D eigenvalue weighted by Gasteiger charge is 2.16. The van der Waals surface area contributed by atoms with Crippen molar-refractivity contribution < 1.29 is 19.4 Å². The van der Waals surface area contributed by atoms with E-state index in [1.165, 1.54) is 12.1 Å². The number of phenolic OH excluding ortho intramolecular Hbond substituents is 1. The van der Waals surface area contributed by atoms with Crippen LogP contribution < -0.4 is 14.8 Å². The van der Waals surface area contributed by atoms with Gasteiger partial charge >= 0.3 is 0 Å². The van der Waals surface area contributed by atoms with E-state index in [2.05, 4.69) is 27.9 Å². The fourth-order valence-corrected chi connectivity index (χ4v) is 2.81. The molecule has 128 valence electrons. The minimum absolute atomic E-state index is 0.151. The Bertz CT molecular complexity index is 701. The van der Waals surface area contributed by atoms with Crippen molar-refractivity contribution in [3.63, 3.8) is 0 Å². The van der Waals surface area contributed by atoms with Crippen LogP contribution in [-0.2, 0) is 0 Å². The lowest BCUT2D eigenvalue weighted by atomic mass is 10.1. The van der Waals surface area contributed by atoms with Gasteiger partial charge in [-0.3, -0.25) is 4.79 Å². The molecular weight excluding hydrogens is 421 g/mol. The van der Waals surface area contributed by atoms with Crippen molar-refractivity contribution in [2.75, 3.05) is 18.5 Å². The second kappa shape index (κ2) is 8.77. The number of benzene rings is 2. The predicted molar refractivity (Wildman–Crippen MR) is 102 cm³/mol. The Hall–Kier alpha value is -1.96. The van der Waals surface area contributed by atoms with Crippen LogP contribution in [0.25, 0.3) is 0 Å². The van der Waals surface area contributed by atoms with Gasteiger partial charge in [-0.15, -0.1) is 0 Å². The molecule has 0 bridgehead atoms. The number of rotatable bonds is 7. The number of aromatic hydroxyl groups is 1. The molecule has 0 aromatic heterocycles. The van der Waals surface area contributed by atoms with Crippen LogP contribution in [0.2, 0.25) is 0 Å². The molecule has 0 atom stereocenters. The zero-order valence-electron chi connectivity index (χ0n) is 13.6. The van der Waals surface area contributed by atoms with Crippen molar-refractivity contribution in [3.05, 3.63) is 45.5 Å². The lowest BCUT2D eigenvalue weighted by Crippen LogP contribution is -2.13. The first kappa shape index (κ1) is 18.4. The Morgan fingerprint density at radius 2 is 1.88 bits per heavy atom. The molecule has 2 aromatic carbocycles. The van der Waals surface area contributed by atoms with Crippen molar-refractivity contribution in [2.45, 2.75) is 20.3 Å². The summed E-state index contributed by atoms with van der Waals surface area (Å²) in [6.45, 7) is 5.00. The Morgan fingerprint density at radius 3 is 2.50 bits per heavy atom. The van der Waals surface area contributed by atoms with E-state index in [0.29, 0.717) is 36.0 Å². The summed E-state index contributed by atoms with van der Waals surface area (Å²) in [7, 11) is 0. The van der Waals surface area contributed by atoms with E-state index in [1.807, 2.05) is 13.8 Å². The molecule has 5 nitrogen and oxygen atoms in total. The van der Waals surface area contributed by atoms with E-state index >= 15 is 0 Å². The summed E-state index contributed by atoms with van der Waals surface area (Å²) in [4.78, 5) is 12.5. The molecule has 24 heavy (non-hydrogen) atoms. The van der Waals surface area contributed by atoms with Gasteiger partial charge in [-0.2, -0.15) is 0 Å². The third-order valence-corrected chi connectivity index (χ3v) is 3.95. The standard InChI is InChI=1S/C18H20INO4/c1-3-9-24-17-15(19)10-12(11-16(17)23-4-2)18(22)20-13-5-7-14(21)8-6-13/h5-8,10-11,21H,3-4,9H2,1-2H3,(H,20,22). The van der Waals surface area contributed by atoms with Crippen LogP contribution in [0.15, 0.2) is 36.4 Å². The van der Waals surface area contributed by atoms with Crippen LogP contribution in [0.3, 0.4) is 0 Å². The highest BCUT2D eigenvalue weighted by Crippen LogP contribution is 2.34. The molecule has 0 aliphatic rings. The Labute approximate surface area is 155 Å². The van der Waals surface area contributed by atoms with Gasteiger partial charge in [0.1, 0.15) is 5.75 Å². The number of hydrogen-bond donors (Lipinski definition) is 2. The van der Waals surface area contributed by atoms with E-state index in [4.69, 9.17) is 9.47 Å². The van der Waals surface area contributed by atoms with E-state index in [-0.39, 0.29) is 11.7 Å². The highest BCUT2D eigenvalue weighted by atomic mass is 127. The zero-order valence-corrected chi connectivity index (χ0v) is 15.8. The third kappa shape index (κ3) is 4.77. The second-order valence-corrected chi connectivity index (χ2v) is 6.23. The maximum Gasteiger partial charge on any atom is 0.255 e. The average molecular weight is 441 g/mol. The molecule has 0 radical (unpaired) electrons. The van der Waals surface area contributed by atoms with Crippen LogP contribution in [0.1, 0.15) is 30.6 Å². The van der Waals surface area contributed by atoms with Gasteiger partial charge in [-0.05, 0) is 72.3 Å². The number of anilines is 1. The van der Waals surface area contributed by atoms with Gasteiger partial charge in [0, 0.05) is 11.3 Å². The number of carbonyl (C=O) groups excluding carboxylic acids is 1. The van der Waals surface area contributed by atoms with E-state index in [0.717, 1.165) is 9.99 Å². The fourth-order valence-electron chi connectivity index (χ4n) is 2.05. The van der Waals surface area contributed by atoms with Crippen LogP contribution in [0, 0.1) is 3.57 Å². The zero-order chi connectivity index (χ0) is 17.5. The summed E-state index contributed by atoms with van der Waals surface area (Å²) < 4.78 is 12.2. The second-order valence-electron chi connectivity index (χ2n) is 5.07. The summed E-state index contributed by atoms with van der Waals surface area (Å²) in [5.74, 6) is 1.13. The first-order valence-electron chi connectivity index (χ1n) is 7.74. The average Bonchev–Trinajstić information content (AvgIpc) is 2.56. The van der Waals surface area contributed by atoms with Crippen molar-refractivity contribution in [1.29, 1.82) is 0 Å². The molecule has 0 unspecified atom stereocenters. The molecule has 0 aliphatic heterocycles. The highest BCUT2D eigenvalue weighted by molar-refractivity contribution is 14.1. The molecular formula is C18H20INO4. The van der Waals surface area contributed by atoms with Gasteiger partial charge < -0.3 is 19.9 Å². The molecule has 2 rings (SSSR count). The van der Waals surface area contributed by atoms with Crippen molar-refractivity contribution in [2.24, 2.45) is 0 Å². The number of halogens is 1. The number of nitrogens with one attached hydrogen (secondary N) is 1. The third-order valence-electron chi connectivity index (χ3n) is 3.15. The molecule has 2 aromatic rings. The molecule has 0 fully saturated rings. The van der Waals surface area contributed by atoms with Gasteiger partial charge in [0.15, 0.2) is 11.5 Å². The predicted octanol–water partition coefficient (Wildman–Crippen LogP) is 4.44. The molecule has 6 heteroatoms. The van der Waals surface area contributed by atoms with Crippen molar-refractivity contribution in [3.8, 4) is 17.2 Å². The molecule has 0 aliphatic carbocycles. The van der Waals surface area contributed by atoms with Gasteiger partial charge in [-0.25, -0.2) is 0 Å². The molecule has 0 heterocycles. The Kier molecular flexibility index (Phi) is 6.72. The largest absolute Gasteiger partial charge is 0.508 e. The minimum Gasteiger partial charge on any atom is -0.508 e.